The van der Waals surface area contributed by atoms with Gasteiger partial charge in [-0.25, -0.2) is 4.98 Å². The Balaban J connectivity index is 1.69. The Labute approximate surface area is 137 Å². The minimum absolute atomic E-state index is 0.0115. The van der Waals surface area contributed by atoms with E-state index in [0.29, 0.717) is 18.8 Å². The maximum absolute atomic E-state index is 12.8. The summed E-state index contributed by atoms with van der Waals surface area (Å²) < 4.78 is 5.56. The summed E-state index contributed by atoms with van der Waals surface area (Å²) in [5.74, 6) is 0.796. The molecule has 1 amide bonds. The number of aliphatic hydroxyl groups is 1. The molecule has 6 heteroatoms. The minimum atomic E-state index is -0.341. The first-order valence-corrected chi connectivity index (χ1v) is 8.37. The first-order valence-electron chi connectivity index (χ1n) is 8.37. The molecule has 1 saturated heterocycles. The van der Waals surface area contributed by atoms with E-state index >= 15 is 0 Å². The molecule has 3 heterocycles. The van der Waals surface area contributed by atoms with Gasteiger partial charge < -0.3 is 14.7 Å². The van der Waals surface area contributed by atoms with Gasteiger partial charge in [-0.15, -0.1) is 0 Å². The van der Waals surface area contributed by atoms with E-state index in [9.17, 15) is 9.90 Å². The summed E-state index contributed by atoms with van der Waals surface area (Å²) in [5.41, 5.74) is 1.58. The highest BCUT2D eigenvalue weighted by Crippen LogP contribution is 2.25. The molecule has 23 heavy (non-hydrogen) atoms. The second kappa shape index (κ2) is 6.84. The third kappa shape index (κ3) is 3.64. The molecule has 2 atom stereocenters. The second-order valence-electron chi connectivity index (χ2n) is 6.59. The van der Waals surface area contributed by atoms with Crippen LogP contribution in [0.25, 0.3) is 0 Å². The lowest BCUT2D eigenvalue weighted by atomic mass is 10.1. The third-order valence-corrected chi connectivity index (χ3v) is 4.51. The smallest absolute Gasteiger partial charge is 0.272 e. The Bertz CT molecular complexity index is 576. The van der Waals surface area contributed by atoms with E-state index in [1.54, 1.807) is 13.1 Å². The number of carbonyl (C=O) groups is 1. The molecule has 1 aromatic heterocycles. The number of hydrogen-bond donors (Lipinski definition) is 1. The maximum Gasteiger partial charge on any atom is 0.272 e. The molecular formula is C17H25N3O3. The summed E-state index contributed by atoms with van der Waals surface area (Å²) in [7, 11) is 0. The van der Waals surface area contributed by atoms with Gasteiger partial charge >= 0.3 is 0 Å². The molecule has 0 saturated carbocycles. The van der Waals surface area contributed by atoms with Crippen LogP contribution in [-0.4, -0.2) is 70.7 Å². The molecule has 0 radical (unpaired) electrons. The molecule has 0 unspecified atom stereocenters. The zero-order valence-electron chi connectivity index (χ0n) is 13.9. The molecule has 0 bridgehead atoms. The van der Waals surface area contributed by atoms with Gasteiger partial charge in [0.1, 0.15) is 11.4 Å². The molecule has 126 valence electrons. The van der Waals surface area contributed by atoms with Crippen LogP contribution in [0.15, 0.2) is 12.3 Å². The third-order valence-electron chi connectivity index (χ3n) is 4.51. The van der Waals surface area contributed by atoms with Crippen LogP contribution in [0.2, 0.25) is 0 Å². The number of hydrogen-bond acceptors (Lipinski definition) is 5. The lowest BCUT2D eigenvalue weighted by Crippen LogP contribution is -2.55. The number of β-amino-alcohol motifs (C(OH)–C–C–N with tert-alkyl or cyclic N) is 1. The molecule has 2 aliphatic heterocycles. The number of ether oxygens (including phenoxy) is 1. The molecule has 6 nitrogen and oxygen atoms in total. The largest absolute Gasteiger partial charge is 0.492 e. The quantitative estimate of drug-likeness (QED) is 0.898. The number of aliphatic hydroxyl groups excluding tert-OH is 1. The highest BCUT2D eigenvalue weighted by Gasteiger charge is 2.29. The van der Waals surface area contributed by atoms with E-state index in [1.165, 1.54) is 0 Å². The fourth-order valence-electron chi connectivity index (χ4n) is 3.39. The van der Waals surface area contributed by atoms with Gasteiger partial charge in [0.2, 0.25) is 0 Å². The number of aromatic nitrogens is 1. The van der Waals surface area contributed by atoms with Crippen molar-refractivity contribution in [3.05, 3.63) is 23.5 Å². The van der Waals surface area contributed by atoms with Crippen molar-refractivity contribution in [1.29, 1.82) is 0 Å². The van der Waals surface area contributed by atoms with Gasteiger partial charge in [-0.1, -0.05) is 0 Å². The van der Waals surface area contributed by atoms with E-state index in [2.05, 4.69) is 9.88 Å². The van der Waals surface area contributed by atoms with Gasteiger partial charge in [-0.3, -0.25) is 9.69 Å². The fraction of sp³-hybridized carbons (Fsp3) is 0.647. The molecule has 1 N–H and O–H groups in total. The molecular weight excluding hydrogens is 294 g/mol. The Morgan fingerprint density at radius 1 is 1.52 bits per heavy atom. The maximum atomic E-state index is 12.8. The molecule has 1 fully saturated rings. The Morgan fingerprint density at radius 2 is 2.35 bits per heavy atom. The summed E-state index contributed by atoms with van der Waals surface area (Å²) in [6.45, 7) is 7.46. The number of nitrogens with zero attached hydrogens (tertiary/aromatic N) is 3. The highest BCUT2D eigenvalue weighted by molar-refractivity contribution is 5.93. The number of rotatable bonds is 3. The van der Waals surface area contributed by atoms with Crippen molar-refractivity contribution in [1.82, 2.24) is 14.8 Å². The van der Waals surface area contributed by atoms with Gasteiger partial charge in [0.05, 0.1) is 18.9 Å². The van der Waals surface area contributed by atoms with E-state index in [0.717, 1.165) is 43.9 Å². The number of carbonyl (C=O) groups excluding carboxylic acids is 1. The number of aryl methyl sites for hydroxylation is 1. The summed E-state index contributed by atoms with van der Waals surface area (Å²) in [5, 5.41) is 9.51. The van der Waals surface area contributed by atoms with Gasteiger partial charge in [0.15, 0.2) is 0 Å². The lowest BCUT2D eigenvalue weighted by Gasteiger charge is -2.40. The summed E-state index contributed by atoms with van der Waals surface area (Å²) in [6.07, 6.45) is 3.26. The van der Waals surface area contributed by atoms with E-state index in [4.69, 9.17) is 4.74 Å². The predicted molar refractivity (Wildman–Crippen MR) is 86.7 cm³/mol. The Hall–Kier alpha value is -1.66. The minimum Gasteiger partial charge on any atom is -0.492 e. The average Bonchev–Trinajstić information content (AvgIpc) is 2.53. The molecule has 2 aliphatic rings. The van der Waals surface area contributed by atoms with Crippen molar-refractivity contribution in [3.8, 4) is 5.75 Å². The van der Waals surface area contributed by atoms with Gasteiger partial charge in [0, 0.05) is 32.2 Å². The predicted octanol–water partition coefficient (Wildman–Crippen LogP) is 0.934. The highest BCUT2D eigenvalue weighted by atomic mass is 16.5. The Morgan fingerprint density at radius 3 is 3.09 bits per heavy atom. The standard InChI is InChI=1S/C17H25N3O3/c1-12-10-19(11-13(2)21)5-6-20(12)17(22)15-8-14-4-3-7-23-16(14)9-18-15/h8-9,12-13,21H,3-7,10-11H2,1-2H3/t12-,13+/m0/s1. The van der Waals surface area contributed by atoms with Crippen LogP contribution < -0.4 is 4.74 Å². The van der Waals surface area contributed by atoms with E-state index in [-0.39, 0.29) is 18.1 Å². The normalized spacial score (nSPS) is 23.1. The summed E-state index contributed by atoms with van der Waals surface area (Å²) in [6, 6.07) is 2.00. The molecule has 0 spiro atoms. The molecule has 3 rings (SSSR count). The molecule has 0 aromatic carbocycles. The van der Waals surface area contributed by atoms with Gasteiger partial charge in [-0.05, 0) is 38.3 Å². The SMILES string of the molecule is C[C@@H](O)CN1CCN(C(=O)c2cc3c(cn2)OCCC3)[C@@H](C)C1. The van der Waals surface area contributed by atoms with Crippen LogP contribution in [-0.2, 0) is 6.42 Å². The summed E-state index contributed by atoms with van der Waals surface area (Å²) in [4.78, 5) is 21.2. The molecule has 1 aromatic rings. The number of piperazine rings is 1. The number of amides is 1. The van der Waals surface area contributed by atoms with Crippen molar-refractivity contribution >= 4 is 5.91 Å². The first kappa shape index (κ1) is 16.2. The van der Waals surface area contributed by atoms with Crippen LogP contribution >= 0.6 is 0 Å². The van der Waals surface area contributed by atoms with Crippen molar-refractivity contribution < 1.29 is 14.6 Å². The van der Waals surface area contributed by atoms with Gasteiger partial charge in [0.25, 0.3) is 5.91 Å². The zero-order valence-corrected chi connectivity index (χ0v) is 13.9. The Kier molecular flexibility index (Phi) is 4.82. The second-order valence-corrected chi connectivity index (χ2v) is 6.59. The average molecular weight is 319 g/mol. The van der Waals surface area contributed by atoms with Crippen LogP contribution in [0.3, 0.4) is 0 Å². The van der Waals surface area contributed by atoms with E-state index < -0.39 is 0 Å². The van der Waals surface area contributed by atoms with Crippen LogP contribution in [0.5, 0.6) is 5.75 Å². The molecule has 0 aliphatic carbocycles. The summed E-state index contributed by atoms with van der Waals surface area (Å²) >= 11 is 0. The monoisotopic (exact) mass is 319 g/mol. The fourth-order valence-corrected chi connectivity index (χ4v) is 3.39. The number of fused-ring (bicyclic) bond motifs is 1. The van der Waals surface area contributed by atoms with Crippen LogP contribution in [0.1, 0.15) is 36.3 Å². The lowest BCUT2D eigenvalue weighted by molar-refractivity contribution is 0.0378. The van der Waals surface area contributed by atoms with Crippen LogP contribution in [0.4, 0.5) is 0 Å². The van der Waals surface area contributed by atoms with Crippen molar-refractivity contribution in [2.45, 2.75) is 38.8 Å². The van der Waals surface area contributed by atoms with Crippen molar-refractivity contribution in [2.75, 3.05) is 32.8 Å². The first-order chi connectivity index (χ1) is 11.0. The van der Waals surface area contributed by atoms with Crippen molar-refractivity contribution in [3.63, 3.8) is 0 Å². The van der Waals surface area contributed by atoms with E-state index in [1.807, 2.05) is 17.9 Å². The van der Waals surface area contributed by atoms with Gasteiger partial charge in [-0.2, -0.15) is 0 Å². The van der Waals surface area contributed by atoms with Crippen LogP contribution in [0, 0.1) is 0 Å². The number of pyridine rings is 1. The topological polar surface area (TPSA) is 65.9 Å². The van der Waals surface area contributed by atoms with Crippen molar-refractivity contribution in [2.24, 2.45) is 0 Å². The zero-order chi connectivity index (χ0) is 16.4.